The Bertz CT molecular complexity index is 542. The summed E-state index contributed by atoms with van der Waals surface area (Å²) in [6.45, 7) is 6.03. The van der Waals surface area contributed by atoms with Gasteiger partial charge in [0.1, 0.15) is 0 Å². The second-order valence-electron chi connectivity index (χ2n) is 6.22. The molecule has 0 spiro atoms. The van der Waals surface area contributed by atoms with Gasteiger partial charge in [-0.05, 0) is 32.6 Å². The lowest BCUT2D eigenvalue weighted by Gasteiger charge is -2.23. The number of rotatable bonds is 5. The number of amides is 1. The van der Waals surface area contributed by atoms with Gasteiger partial charge >= 0.3 is 0 Å². The summed E-state index contributed by atoms with van der Waals surface area (Å²) in [6, 6.07) is 0. The summed E-state index contributed by atoms with van der Waals surface area (Å²) < 4.78 is 0. The van der Waals surface area contributed by atoms with Gasteiger partial charge in [0.05, 0.1) is 16.5 Å². The van der Waals surface area contributed by atoms with Crippen LogP contribution in [0.3, 0.4) is 0 Å². The van der Waals surface area contributed by atoms with Gasteiger partial charge in [-0.3, -0.25) is 14.8 Å². The first-order valence-corrected chi connectivity index (χ1v) is 9.26. The SMILES string of the molecule is C=C(NC(=O)CC1=C(C)CCC=N1)S/C(=N\C)C1CCCCC1. The lowest BCUT2D eigenvalue weighted by Crippen LogP contribution is -2.23. The number of allylic oxidation sites excluding steroid dienone is 1. The van der Waals surface area contributed by atoms with Crippen LogP contribution in [0.25, 0.3) is 0 Å². The Kier molecular flexibility index (Phi) is 7.09. The molecule has 1 N–H and O–H groups in total. The summed E-state index contributed by atoms with van der Waals surface area (Å²) in [5.41, 5.74) is 2.10. The minimum absolute atomic E-state index is 0.0463. The van der Waals surface area contributed by atoms with Gasteiger partial charge in [0.25, 0.3) is 0 Å². The van der Waals surface area contributed by atoms with Crippen molar-refractivity contribution < 1.29 is 4.79 Å². The maximum Gasteiger partial charge on any atom is 0.230 e. The van der Waals surface area contributed by atoms with Crippen molar-refractivity contribution in [2.45, 2.75) is 58.3 Å². The molecule has 4 nitrogen and oxygen atoms in total. The van der Waals surface area contributed by atoms with Gasteiger partial charge in [-0.2, -0.15) is 0 Å². The van der Waals surface area contributed by atoms with E-state index in [1.165, 1.54) is 49.4 Å². The van der Waals surface area contributed by atoms with Gasteiger partial charge in [0.15, 0.2) is 0 Å². The monoisotopic (exact) mass is 333 g/mol. The van der Waals surface area contributed by atoms with Crippen molar-refractivity contribution in [2.75, 3.05) is 7.05 Å². The third-order valence-electron chi connectivity index (χ3n) is 4.40. The molecule has 1 saturated carbocycles. The highest BCUT2D eigenvalue weighted by Gasteiger charge is 2.21. The molecule has 0 bridgehead atoms. The smallest absolute Gasteiger partial charge is 0.230 e. The number of carbonyl (C=O) groups excluding carboxylic acids is 1. The first kappa shape index (κ1) is 18.0. The number of aliphatic imine (C=N–C) groups is 2. The molecule has 2 rings (SSSR count). The molecule has 0 aromatic carbocycles. The van der Waals surface area contributed by atoms with E-state index in [1.54, 1.807) is 0 Å². The maximum atomic E-state index is 12.2. The summed E-state index contributed by atoms with van der Waals surface area (Å²) in [4.78, 5) is 20.9. The first-order valence-electron chi connectivity index (χ1n) is 8.44. The lowest BCUT2D eigenvalue weighted by atomic mass is 9.90. The van der Waals surface area contributed by atoms with Gasteiger partial charge in [-0.15, -0.1) is 0 Å². The zero-order chi connectivity index (χ0) is 16.7. The van der Waals surface area contributed by atoms with Gasteiger partial charge in [0.2, 0.25) is 5.91 Å². The van der Waals surface area contributed by atoms with Crippen LogP contribution in [0.2, 0.25) is 0 Å². The van der Waals surface area contributed by atoms with Crippen LogP contribution in [0.5, 0.6) is 0 Å². The number of thioether (sulfide) groups is 1. The number of carbonyl (C=O) groups is 1. The zero-order valence-electron chi connectivity index (χ0n) is 14.2. The Balaban J connectivity index is 1.83. The van der Waals surface area contributed by atoms with E-state index in [0.29, 0.717) is 17.4 Å². The third kappa shape index (κ3) is 5.65. The topological polar surface area (TPSA) is 53.8 Å². The Morgan fingerprint density at radius 1 is 1.43 bits per heavy atom. The molecule has 0 unspecified atom stereocenters. The van der Waals surface area contributed by atoms with Crippen molar-refractivity contribution in [1.82, 2.24) is 5.32 Å². The number of nitrogens with zero attached hydrogens (tertiary/aromatic N) is 2. The first-order chi connectivity index (χ1) is 11.1. The fraction of sp³-hybridized carbons (Fsp3) is 0.611. The molecule has 2 aliphatic rings. The molecule has 0 atom stereocenters. The van der Waals surface area contributed by atoms with E-state index in [9.17, 15) is 4.79 Å². The van der Waals surface area contributed by atoms with E-state index < -0.39 is 0 Å². The van der Waals surface area contributed by atoms with Crippen LogP contribution in [0.15, 0.2) is 32.9 Å². The van der Waals surface area contributed by atoms with Crippen molar-refractivity contribution >= 4 is 28.9 Å². The molecule has 0 saturated heterocycles. The Labute approximate surface area is 143 Å². The van der Waals surface area contributed by atoms with E-state index in [0.717, 1.165) is 23.6 Å². The molecule has 126 valence electrons. The molecule has 0 aromatic heterocycles. The molecule has 1 aliphatic heterocycles. The molecule has 0 radical (unpaired) electrons. The normalized spacial score (nSPS) is 19.8. The number of hydrogen-bond donors (Lipinski definition) is 1. The molecule has 23 heavy (non-hydrogen) atoms. The highest BCUT2D eigenvalue weighted by molar-refractivity contribution is 8.17. The predicted molar refractivity (Wildman–Crippen MR) is 99.9 cm³/mol. The fourth-order valence-electron chi connectivity index (χ4n) is 3.07. The average molecular weight is 334 g/mol. The lowest BCUT2D eigenvalue weighted by molar-refractivity contribution is -0.119. The number of nitrogens with one attached hydrogen (secondary N) is 1. The fourth-order valence-corrected chi connectivity index (χ4v) is 3.98. The quantitative estimate of drug-likeness (QED) is 0.597. The van der Waals surface area contributed by atoms with Gasteiger partial charge < -0.3 is 5.32 Å². The minimum Gasteiger partial charge on any atom is -0.321 e. The van der Waals surface area contributed by atoms with Gasteiger partial charge in [-0.25, -0.2) is 0 Å². The summed E-state index contributed by atoms with van der Waals surface area (Å²) in [6.07, 6.45) is 10.4. The summed E-state index contributed by atoms with van der Waals surface area (Å²) in [5.74, 6) is 0.482. The van der Waals surface area contributed by atoms with Crippen LogP contribution in [-0.4, -0.2) is 24.2 Å². The third-order valence-corrected chi connectivity index (χ3v) is 5.47. The summed E-state index contributed by atoms with van der Waals surface area (Å²) in [5, 5.41) is 4.66. The second-order valence-corrected chi connectivity index (χ2v) is 7.34. The molecule has 1 fully saturated rings. The van der Waals surface area contributed by atoms with E-state index in [1.807, 2.05) is 20.2 Å². The summed E-state index contributed by atoms with van der Waals surface area (Å²) >= 11 is 1.51. The van der Waals surface area contributed by atoms with Crippen molar-refractivity contribution in [3.05, 3.63) is 22.9 Å². The highest BCUT2D eigenvalue weighted by atomic mass is 32.2. The van der Waals surface area contributed by atoms with E-state index in [4.69, 9.17) is 0 Å². The van der Waals surface area contributed by atoms with E-state index >= 15 is 0 Å². The molecule has 5 heteroatoms. The van der Waals surface area contributed by atoms with Gasteiger partial charge in [-0.1, -0.05) is 43.2 Å². The number of hydrogen-bond acceptors (Lipinski definition) is 4. The van der Waals surface area contributed by atoms with Crippen LogP contribution >= 0.6 is 11.8 Å². The van der Waals surface area contributed by atoms with Crippen molar-refractivity contribution in [2.24, 2.45) is 15.9 Å². The summed E-state index contributed by atoms with van der Waals surface area (Å²) in [7, 11) is 1.83. The highest BCUT2D eigenvalue weighted by Crippen LogP contribution is 2.31. The van der Waals surface area contributed by atoms with Crippen LogP contribution in [-0.2, 0) is 4.79 Å². The average Bonchev–Trinajstić information content (AvgIpc) is 2.55. The van der Waals surface area contributed by atoms with Crippen LogP contribution in [0.1, 0.15) is 58.3 Å². The molecule has 1 amide bonds. The van der Waals surface area contributed by atoms with Crippen LogP contribution in [0.4, 0.5) is 0 Å². The minimum atomic E-state index is -0.0463. The maximum absolute atomic E-state index is 12.2. The Morgan fingerprint density at radius 2 is 2.17 bits per heavy atom. The molecular weight excluding hydrogens is 306 g/mol. The van der Waals surface area contributed by atoms with Crippen LogP contribution in [0, 0.1) is 5.92 Å². The van der Waals surface area contributed by atoms with Gasteiger partial charge in [0, 0.05) is 24.9 Å². The van der Waals surface area contributed by atoms with Crippen molar-refractivity contribution in [3.8, 4) is 0 Å². The van der Waals surface area contributed by atoms with E-state index in [-0.39, 0.29) is 5.91 Å². The zero-order valence-corrected chi connectivity index (χ0v) is 15.0. The molecule has 0 aromatic rings. The largest absolute Gasteiger partial charge is 0.321 e. The predicted octanol–water partition coefficient (Wildman–Crippen LogP) is 4.44. The Morgan fingerprint density at radius 3 is 2.83 bits per heavy atom. The second kappa shape index (κ2) is 9.06. The standard InChI is InChI=1S/C18H27N3OS/c1-13-8-7-11-20-16(13)12-17(22)21-14(2)23-18(19-3)15-9-5-4-6-10-15/h11,15H,2,4-10,12H2,1,3H3,(H,21,22)/b19-18-. The van der Waals surface area contributed by atoms with Crippen LogP contribution < -0.4 is 5.32 Å². The molecule has 1 aliphatic carbocycles. The molecule has 1 heterocycles. The van der Waals surface area contributed by atoms with Crippen molar-refractivity contribution in [1.29, 1.82) is 0 Å². The van der Waals surface area contributed by atoms with E-state index in [2.05, 4.69) is 21.9 Å². The Hall–Kier alpha value is -1.36. The molecular formula is C18H27N3OS. The van der Waals surface area contributed by atoms with Crippen molar-refractivity contribution in [3.63, 3.8) is 0 Å².